The van der Waals surface area contributed by atoms with Gasteiger partial charge in [0, 0.05) is 0 Å². The third kappa shape index (κ3) is 3.95. The fraction of sp³-hybridized carbons (Fsp3) is 1.00. The van der Waals surface area contributed by atoms with Gasteiger partial charge in [0.05, 0.1) is 0 Å². The third-order valence-corrected chi connectivity index (χ3v) is 10.5. The van der Waals surface area contributed by atoms with Crippen molar-refractivity contribution >= 4 is 49.2 Å². The van der Waals surface area contributed by atoms with Crippen molar-refractivity contribution in [1.29, 1.82) is 0 Å². The van der Waals surface area contributed by atoms with Gasteiger partial charge in [0.25, 0.3) is 0 Å². The predicted octanol–water partition coefficient (Wildman–Crippen LogP) is 1.96. The van der Waals surface area contributed by atoms with Crippen molar-refractivity contribution < 1.29 is 0 Å². The number of alkyl halides is 3. The number of halogens is 3. The first kappa shape index (κ1) is 8.41. The van der Waals surface area contributed by atoms with Crippen LogP contribution in [0.25, 0.3) is 0 Å². The van der Waals surface area contributed by atoms with Gasteiger partial charge >= 0.3 is 63.3 Å². The molecule has 4 heteroatoms. The molecule has 0 N–H and O–H groups in total. The molecule has 0 bridgehead atoms. The van der Waals surface area contributed by atoms with Crippen molar-refractivity contribution in [2.45, 2.75) is 9.42 Å². The van der Waals surface area contributed by atoms with E-state index in [1.165, 1.54) is 0 Å². The van der Waals surface area contributed by atoms with Gasteiger partial charge in [-0.15, -0.1) is 0 Å². The molecular weight excluding hydrogens is 215 g/mol. The molecule has 0 aliphatic carbocycles. The Labute approximate surface area is 63.2 Å². The fourth-order valence-electron chi connectivity index (χ4n) is 0.0673. The first-order chi connectivity index (χ1) is 3.18. The Morgan fingerprint density at radius 1 is 1.57 bits per heavy atom. The van der Waals surface area contributed by atoms with Gasteiger partial charge in [-0.05, 0) is 0 Å². The van der Waals surface area contributed by atoms with Gasteiger partial charge in [0.1, 0.15) is 0 Å². The molecule has 44 valence electrons. The molecule has 1 atom stereocenters. The molecule has 0 heterocycles. The molecule has 0 nitrogen and oxygen atoms in total. The molecule has 0 saturated heterocycles. The van der Waals surface area contributed by atoms with Crippen LogP contribution in [0, 0.1) is 0 Å². The van der Waals surface area contributed by atoms with E-state index in [2.05, 4.69) is 5.76 Å². The predicted molar refractivity (Wildman–Crippen MR) is 39.2 cm³/mol. The average molecular weight is 222 g/mol. The summed E-state index contributed by atoms with van der Waals surface area (Å²) in [6.07, 6.45) is 0. The number of hydrogen-bond acceptors (Lipinski definition) is 0. The molecule has 0 amide bonds. The van der Waals surface area contributed by atoms with Crippen molar-refractivity contribution in [2.24, 2.45) is 0 Å². The summed E-state index contributed by atoms with van der Waals surface area (Å²) in [6.45, 7) is 0. The zero-order valence-corrected chi connectivity index (χ0v) is 8.69. The van der Waals surface area contributed by atoms with Gasteiger partial charge in [-0.2, -0.15) is 0 Å². The molecular formula is C3H7Cl3Ge. The normalized spacial score (nSPS) is 15.0. The Hall–Kier alpha value is 1.41. The Balaban J connectivity index is 3.14. The van der Waals surface area contributed by atoms with Crippen LogP contribution in [-0.4, -0.2) is 22.7 Å². The molecule has 1 unspecified atom stereocenters. The van der Waals surface area contributed by atoms with E-state index in [0.717, 1.165) is 0 Å². The summed E-state index contributed by atoms with van der Waals surface area (Å²) >= 11 is 15.1. The standard InChI is InChI=1S/C3H7Cl3Ge/c1-7(2-4)3(5)6/h3,7H,2H2,1H3. The average Bonchev–Trinajstić information content (AvgIpc) is 1.65. The third-order valence-electron chi connectivity index (χ3n) is 0.674. The Morgan fingerprint density at radius 2 is 2.00 bits per heavy atom. The van der Waals surface area contributed by atoms with Gasteiger partial charge in [0.2, 0.25) is 0 Å². The van der Waals surface area contributed by atoms with Crippen molar-refractivity contribution in [2.75, 3.05) is 4.71 Å². The van der Waals surface area contributed by atoms with Gasteiger partial charge in [-0.25, -0.2) is 0 Å². The van der Waals surface area contributed by atoms with Gasteiger partial charge in [-0.1, -0.05) is 0 Å². The van der Waals surface area contributed by atoms with Crippen LogP contribution in [0.2, 0.25) is 5.76 Å². The Kier molecular flexibility index (Phi) is 5.18. The summed E-state index contributed by atoms with van der Waals surface area (Å²) in [5, 5.41) is 0. The van der Waals surface area contributed by atoms with E-state index in [9.17, 15) is 0 Å². The SMILES string of the molecule is [CH3][GeH]([CH2]Cl)[CH](Cl)Cl. The van der Waals surface area contributed by atoms with E-state index < -0.39 is 14.3 Å². The van der Waals surface area contributed by atoms with E-state index in [4.69, 9.17) is 34.8 Å². The molecule has 0 spiro atoms. The van der Waals surface area contributed by atoms with E-state index in [0.29, 0.717) is 4.71 Å². The van der Waals surface area contributed by atoms with Crippen LogP contribution < -0.4 is 0 Å². The Bertz CT molecular complexity index is 47.4. The first-order valence-corrected chi connectivity index (χ1v) is 8.96. The van der Waals surface area contributed by atoms with Crippen LogP contribution in [0.5, 0.6) is 0 Å². The molecule has 0 aromatic rings. The van der Waals surface area contributed by atoms with Gasteiger partial charge < -0.3 is 0 Å². The molecule has 0 aromatic carbocycles. The number of hydrogen-bond donors (Lipinski definition) is 0. The summed E-state index contributed by atoms with van der Waals surface area (Å²) in [7, 11) is 0. The second-order valence-electron chi connectivity index (χ2n) is 1.47. The fourth-order valence-corrected chi connectivity index (χ4v) is 3.15. The van der Waals surface area contributed by atoms with Crippen molar-refractivity contribution in [3.05, 3.63) is 0 Å². The molecule has 0 saturated carbocycles. The minimum absolute atomic E-state index is 0.134. The van der Waals surface area contributed by atoms with Gasteiger partial charge in [-0.3, -0.25) is 0 Å². The van der Waals surface area contributed by atoms with Crippen LogP contribution in [0.3, 0.4) is 0 Å². The van der Waals surface area contributed by atoms with Crippen LogP contribution in [0.4, 0.5) is 0 Å². The molecule has 0 radical (unpaired) electrons. The second kappa shape index (κ2) is 4.31. The minimum atomic E-state index is -1.36. The van der Waals surface area contributed by atoms with E-state index in [1.54, 1.807) is 0 Å². The molecule has 0 aliphatic rings. The summed E-state index contributed by atoms with van der Waals surface area (Å²) < 4.78 is 0.579. The van der Waals surface area contributed by atoms with Gasteiger partial charge in [0.15, 0.2) is 0 Å². The molecule has 0 rings (SSSR count). The monoisotopic (exact) mass is 222 g/mol. The maximum atomic E-state index is 5.49. The quantitative estimate of drug-likeness (QED) is 0.495. The molecule has 7 heavy (non-hydrogen) atoms. The topological polar surface area (TPSA) is 0 Å². The molecule has 0 fully saturated rings. The van der Waals surface area contributed by atoms with Crippen LogP contribution in [0.15, 0.2) is 0 Å². The Morgan fingerprint density at radius 3 is 2.00 bits per heavy atom. The van der Waals surface area contributed by atoms with Crippen molar-refractivity contribution in [3.8, 4) is 0 Å². The first-order valence-electron chi connectivity index (χ1n) is 2.02. The van der Waals surface area contributed by atoms with Crippen molar-refractivity contribution in [1.82, 2.24) is 0 Å². The zero-order valence-electron chi connectivity index (χ0n) is 4.00. The summed E-state index contributed by atoms with van der Waals surface area (Å²) in [5.41, 5.74) is 0. The van der Waals surface area contributed by atoms with Crippen molar-refractivity contribution in [3.63, 3.8) is 0 Å². The van der Waals surface area contributed by atoms with E-state index in [-0.39, 0.29) is 3.67 Å². The molecule has 0 aromatic heterocycles. The van der Waals surface area contributed by atoms with E-state index in [1.807, 2.05) is 0 Å². The van der Waals surface area contributed by atoms with Crippen LogP contribution >= 0.6 is 34.8 Å². The number of rotatable bonds is 2. The maximum absolute atomic E-state index is 5.49. The summed E-state index contributed by atoms with van der Waals surface area (Å²) in [6, 6.07) is 0. The van der Waals surface area contributed by atoms with E-state index >= 15 is 0 Å². The van der Waals surface area contributed by atoms with Crippen LogP contribution in [-0.2, 0) is 0 Å². The summed E-state index contributed by atoms with van der Waals surface area (Å²) in [4.78, 5) is 0. The zero-order chi connectivity index (χ0) is 5.86. The summed E-state index contributed by atoms with van der Waals surface area (Å²) in [5.74, 6) is 2.09. The second-order valence-corrected chi connectivity index (χ2v) is 12.2. The molecule has 0 aliphatic heterocycles. The van der Waals surface area contributed by atoms with Crippen LogP contribution in [0.1, 0.15) is 0 Å².